The van der Waals surface area contributed by atoms with Gasteiger partial charge in [-0.3, -0.25) is 9.78 Å². The fourth-order valence-corrected chi connectivity index (χ4v) is 5.37. The molecule has 2 aromatic carbocycles. The van der Waals surface area contributed by atoms with E-state index in [1.54, 1.807) is 29.3 Å². The predicted molar refractivity (Wildman–Crippen MR) is 166 cm³/mol. The second-order valence-electron chi connectivity index (χ2n) is 11.5. The minimum Gasteiger partial charge on any atom is -0.475 e. The first-order valence-corrected chi connectivity index (χ1v) is 14.8. The van der Waals surface area contributed by atoms with Crippen molar-refractivity contribution < 1.29 is 19.7 Å². The number of hydrogen-bond donors (Lipinski definition) is 2. The van der Waals surface area contributed by atoms with Crippen LogP contribution in [0.4, 0.5) is 5.95 Å². The van der Waals surface area contributed by atoms with Crippen molar-refractivity contribution in [1.29, 1.82) is 0 Å². The van der Waals surface area contributed by atoms with E-state index in [-0.39, 0.29) is 36.7 Å². The Labute approximate surface area is 251 Å². The van der Waals surface area contributed by atoms with Crippen LogP contribution in [0.25, 0.3) is 11.3 Å². The first kappa shape index (κ1) is 30.8. The molecule has 222 valence electrons. The molecule has 2 heterocycles. The van der Waals surface area contributed by atoms with Crippen molar-refractivity contribution in [1.82, 2.24) is 19.9 Å². The van der Waals surface area contributed by atoms with Gasteiger partial charge < -0.3 is 19.9 Å². The van der Waals surface area contributed by atoms with Crippen molar-refractivity contribution in [3.8, 4) is 17.1 Å². The van der Waals surface area contributed by atoms with Gasteiger partial charge in [-0.1, -0.05) is 51.1 Å². The van der Waals surface area contributed by atoms with E-state index in [1.165, 1.54) is 12.1 Å². The molecule has 2 aromatic heterocycles. The summed E-state index contributed by atoms with van der Waals surface area (Å²) >= 11 is -2.22. The number of ether oxygens (including phenoxy) is 1. The summed E-state index contributed by atoms with van der Waals surface area (Å²) < 4.78 is 27.7. The van der Waals surface area contributed by atoms with Gasteiger partial charge in [0.25, 0.3) is 5.91 Å². The van der Waals surface area contributed by atoms with E-state index in [9.17, 15) is 13.6 Å². The van der Waals surface area contributed by atoms with Crippen LogP contribution in [0.15, 0.2) is 77.8 Å². The van der Waals surface area contributed by atoms with E-state index in [2.05, 4.69) is 35.7 Å². The lowest BCUT2D eigenvalue weighted by Gasteiger charge is -2.35. The predicted octanol–water partition coefficient (Wildman–Crippen LogP) is 6.09. The third kappa shape index (κ3) is 7.98. The van der Waals surface area contributed by atoms with E-state index in [0.29, 0.717) is 29.3 Å². The van der Waals surface area contributed by atoms with Crippen LogP contribution in [0.5, 0.6) is 5.88 Å². The van der Waals surface area contributed by atoms with E-state index in [0.717, 1.165) is 16.7 Å². The smallest absolute Gasteiger partial charge is 0.254 e. The number of carbonyl (C=O) groups is 1. The van der Waals surface area contributed by atoms with Crippen LogP contribution >= 0.6 is 0 Å². The fourth-order valence-electron chi connectivity index (χ4n) is 4.95. The molecule has 0 saturated carbocycles. The Hall–Kier alpha value is -4.15. The molecule has 42 heavy (non-hydrogen) atoms. The molecule has 0 bridgehead atoms. The van der Waals surface area contributed by atoms with Gasteiger partial charge in [-0.2, -0.15) is 4.98 Å². The maximum atomic E-state index is 14.0. The number of hydrogen-bond acceptors (Lipinski definition) is 7. The highest BCUT2D eigenvalue weighted by Crippen LogP contribution is 2.30. The number of rotatable bonds is 10. The van der Waals surface area contributed by atoms with Crippen LogP contribution in [0.1, 0.15) is 55.8 Å². The number of nitrogens with two attached hydrogens (primary N) is 1. The normalized spacial score (nSPS) is 12.9. The first-order valence-electron chi connectivity index (χ1n) is 13.7. The highest BCUT2D eigenvalue weighted by atomic mass is 32.2. The molecular weight excluding hydrogens is 550 g/mol. The van der Waals surface area contributed by atoms with Crippen LogP contribution in [-0.4, -0.2) is 47.2 Å². The number of amides is 1. The van der Waals surface area contributed by atoms with Gasteiger partial charge in [-0.25, -0.2) is 9.19 Å². The zero-order chi connectivity index (χ0) is 30.4. The Morgan fingerprint density at radius 3 is 2.40 bits per heavy atom. The molecule has 4 aromatic rings. The minimum absolute atomic E-state index is 0. The topological polar surface area (TPSA) is 132 Å². The van der Waals surface area contributed by atoms with Crippen molar-refractivity contribution in [3.05, 3.63) is 95.3 Å². The highest BCUT2D eigenvalue weighted by Gasteiger charge is 2.30. The lowest BCUT2D eigenvalue weighted by molar-refractivity contribution is 0.0509. The summed E-state index contributed by atoms with van der Waals surface area (Å²) in [7, 11) is 0. The lowest BCUT2D eigenvalue weighted by Crippen LogP contribution is -2.45. The number of benzene rings is 2. The van der Waals surface area contributed by atoms with Gasteiger partial charge in [-0.05, 0) is 67.1 Å². The Morgan fingerprint density at radius 2 is 1.76 bits per heavy atom. The zero-order valence-electron chi connectivity index (χ0n) is 24.6. The summed E-state index contributed by atoms with van der Waals surface area (Å²) in [5, 5.41) is 0. The van der Waals surface area contributed by atoms with Gasteiger partial charge in [0.2, 0.25) is 11.8 Å². The van der Waals surface area contributed by atoms with E-state index < -0.39 is 17.1 Å². The maximum absolute atomic E-state index is 14.0. The van der Waals surface area contributed by atoms with Crippen molar-refractivity contribution in [2.45, 2.75) is 58.5 Å². The Kier molecular flexibility index (Phi) is 9.70. The minimum atomic E-state index is -2.22. The maximum Gasteiger partial charge on any atom is 0.254 e. The first-order chi connectivity index (χ1) is 19.9. The zero-order valence-corrected chi connectivity index (χ0v) is 25.4. The Balaban J connectivity index is 0.00000506. The average Bonchev–Trinajstić information content (AvgIpc) is 2.93. The summed E-state index contributed by atoms with van der Waals surface area (Å²) in [4.78, 5) is 29.2. The molecule has 3 N–H and O–H groups in total. The molecule has 0 radical (unpaired) electrons. The summed E-state index contributed by atoms with van der Waals surface area (Å²) in [5.74, 6) is 0.0963. The lowest BCUT2D eigenvalue weighted by atomic mass is 9.87. The second kappa shape index (κ2) is 13.2. The highest BCUT2D eigenvalue weighted by molar-refractivity contribution is 7.79. The molecule has 10 heteroatoms. The van der Waals surface area contributed by atoms with Gasteiger partial charge >= 0.3 is 0 Å². The number of anilines is 1. The van der Waals surface area contributed by atoms with Crippen LogP contribution in [0, 0.1) is 19.3 Å². The molecular formula is C32H39N5O4S. The molecule has 0 spiro atoms. The Morgan fingerprint density at radius 1 is 1.05 bits per heavy atom. The molecule has 0 fully saturated rings. The monoisotopic (exact) mass is 589 g/mol. The summed E-state index contributed by atoms with van der Waals surface area (Å²) in [5.41, 5.74) is 10.7. The van der Waals surface area contributed by atoms with Gasteiger partial charge in [0.1, 0.15) is 6.61 Å². The van der Waals surface area contributed by atoms with Crippen molar-refractivity contribution in [2.24, 2.45) is 5.41 Å². The molecule has 0 aliphatic rings. The molecule has 4 rings (SSSR count). The quantitative estimate of drug-likeness (QED) is 0.212. The van der Waals surface area contributed by atoms with E-state index in [1.807, 2.05) is 50.2 Å². The molecule has 1 unspecified atom stereocenters. The fraction of sp³-hybridized carbons (Fsp3) is 0.312. The van der Waals surface area contributed by atoms with E-state index in [4.69, 9.17) is 10.5 Å². The molecule has 2 atom stereocenters. The van der Waals surface area contributed by atoms with E-state index >= 15 is 0 Å². The standard InChI is InChI=1S/C32H37N5O4S.H2/c1-21-10-8-11-22(2)29(21)27-17-28(36-31(33)35-27)41-20-25(18-32(3,4)5)37(19-24-13-6-7-15-34-24)30(38)23-12-9-14-26(16-23)42(39)40;/h6-17,25H,18-20H2,1-5H3,(H,39,40)(H2,33,35,36);1H/t25-;/m1./s1. The molecule has 0 saturated heterocycles. The number of nitrogens with zero attached hydrogens (tertiary/aromatic N) is 4. The SMILES string of the molecule is Cc1cccc(C)c1-c1cc(OC[C@@H](CC(C)(C)C)N(Cc2ccccn2)C(=O)c2cccc(S(=O)O)c2)nc(N)n1.[HH]. The van der Waals surface area contributed by atoms with Gasteiger partial charge in [0.15, 0.2) is 11.1 Å². The second-order valence-corrected chi connectivity index (χ2v) is 12.4. The van der Waals surface area contributed by atoms with Crippen molar-refractivity contribution in [3.63, 3.8) is 0 Å². The van der Waals surface area contributed by atoms with Crippen molar-refractivity contribution in [2.75, 3.05) is 12.3 Å². The molecule has 1 amide bonds. The summed E-state index contributed by atoms with van der Waals surface area (Å²) in [6, 6.07) is 19.1. The molecule has 0 aliphatic carbocycles. The molecule has 9 nitrogen and oxygen atoms in total. The van der Waals surface area contributed by atoms with Crippen LogP contribution in [0.3, 0.4) is 0 Å². The largest absolute Gasteiger partial charge is 0.475 e. The van der Waals surface area contributed by atoms with Crippen LogP contribution < -0.4 is 10.5 Å². The average molecular weight is 590 g/mol. The number of aromatic nitrogens is 3. The van der Waals surface area contributed by atoms with Crippen LogP contribution in [-0.2, 0) is 17.6 Å². The number of carbonyl (C=O) groups excluding carboxylic acids is 1. The van der Waals surface area contributed by atoms with Gasteiger partial charge in [0, 0.05) is 24.8 Å². The van der Waals surface area contributed by atoms with Crippen LogP contribution in [0.2, 0.25) is 0 Å². The number of pyridine rings is 1. The summed E-state index contributed by atoms with van der Waals surface area (Å²) in [6.45, 7) is 10.7. The van der Waals surface area contributed by atoms with Gasteiger partial charge in [0.05, 0.1) is 28.9 Å². The number of nitrogen functional groups attached to an aromatic ring is 1. The third-order valence-corrected chi connectivity index (χ3v) is 7.43. The summed E-state index contributed by atoms with van der Waals surface area (Å²) in [6.07, 6.45) is 2.28. The Bertz CT molecular complexity index is 1560. The third-order valence-electron chi connectivity index (χ3n) is 6.77. The van der Waals surface area contributed by atoms with Gasteiger partial charge in [-0.15, -0.1) is 0 Å². The van der Waals surface area contributed by atoms with Crippen molar-refractivity contribution >= 4 is 22.9 Å². The molecule has 0 aliphatic heterocycles. The number of aryl methyl sites for hydroxylation is 2.